The zero-order valence-corrected chi connectivity index (χ0v) is 14.8. The van der Waals surface area contributed by atoms with Gasteiger partial charge in [0.25, 0.3) is 0 Å². The summed E-state index contributed by atoms with van der Waals surface area (Å²) in [4.78, 5) is 15.0. The first-order valence-corrected chi connectivity index (χ1v) is 9.40. The number of nitrogens with one attached hydrogen (secondary N) is 1. The molecule has 0 aromatic carbocycles. The van der Waals surface area contributed by atoms with Gasteiger partial charge in [0.1, 0.15) is 0 Å². The fourth-order valence-corrected chi connectivity index (χ4v) is 4.26. The van der Waals surface area contributed by atoms with Crippen molar-refractivity contribution in [3.8, 4) is 0 Å². The van der Waals surface area contributed by atoms with Gasteiger partial charge in [-0.3, -0.25) is 14.3 Å². The number of rotatable bonds is 3. The van der Waals surface area contributed by atoms with Crippen molar-refractivity contribution in [1.29, 1.82) is 0 Å². The van der Waals surface area contributed by atoms with Crippen molar-refractivity contribution in [2.24, 2.45) is 4.99 Å². The van der Waals surface area contributed by atoms with Crippen molar-refractivity contribution in [3.63, 3.8) is 0 Å². The van der Waals surface area contributed by atoms with Gasteiger partial charge in [-0.1, -0.05) is 0 Å². The lowest BCUT2D eigenvalue weighted by molar-refractivity contribution is 0.0195. The average Bonchev–Trinajstić information content (AvgIpc) is 3.32. The van der Waals surface area contributed by atoms with E-state index in [0.717, 1.165) is 56.0 Å². The maximum absolute atomic E-state index is 5.46. The van der Waals surface area contributed by atoms with Crippen LogP contribution in [-0.4, -0.2) is 77.6 Å². The van der Waals surface area contributed by atoms with E-state index in [1.54, 1.807) is 11.3 Å². The molecule has 0 saturated carbocycles. The summed E-state index contributed by atoms with van der Waals surface area (Å²) in [6.07, 6.45) is 5.31. The van der Waals surface area contributed by atoms with Gasteiger partial charge in [-0.2, -0.15) is 0 Å². The molecule has 0 spiro atoms. The van der Waals surface area contributed by atoms with E-state index in [1.165, 1.54) is 6.42 Å². The number of aromatic nitrogens is 2. The lowest BCUT2D eigenvalue weighted by Gasteiger charge is -2.32. The summed E-state index contributed by atoms with van der Waals surface area (Å²) >= 11 is 1.66. The van der Waals surface area contributed by atoms with Gasteiger partial charge < -0.3 is 15.0 Å². The van der Waals surface area contributed by atoms with Gasteiger partial charge in [-0.15, -0.1) is 11.3 Å². The van der Waals surface area contributed by atoms with Crippen LogP contribution in [0, 0.1) is 0 Å². The molecule has 24 heavy (non-hydrogen) atoms. The van der Waals surface area contributed by atoms with Crippen molar-refractivity contribution < 1.29 is 4.74 Å². The first kappa shape index (κ1) is 15.9. The van der Waals surface area contributed by atoms with E-state index in [9.17, 15) is 0 Å². The van der Waals surface area contributed by atoms with Crippen LogP contribution in [0.2, 0.25) is 0 Å². The highest BCUT2D eigenvalue weighted by molar-refractivity contribution is 7.15. The highest BCUT2D eigenvalue weighted by Gasteiger charge is 2.30. The Hall–Kier alpha value is -1.64. The van der Waals surface area contributed by atoms with Crippen molar-refractivity contribution >= 4 is 22.3 Å². The second-order valence-corrected chi connectivity index (χ2v) is 7.14. The van der Waals surface area contributed by atoms with Crippen LogP contribution in [0.5, 0.6) is 0 Å². The van der Waals surface area contributed by atoms with Gasteiger partial charge in [-0.25, -0.2) is 4.98 Å². The third-order valence-corrected chi connectivity index (χ3v) is 5.58. The van der Waals surface area contributed by atoms with Gasteiger partial charge >= 0.3 is 0 Å². The Labute approximate surface area is 145 Å². The summed E-state index contributed by atoms with van der Waals surface area (Å²) in [5.41, 5.74) is 1.05. The van der Waals surface area contributed by atoms with E-state index in [2.05, 4.69) is 41.1 Å². The van der Waals surface area contributed by atoms with E-state index >= 15 is 0 Å². The Bertz CT molecular complexity index is 676. The molecule has 2 aromatic heterocycles. The Morgan fingerprint density at radius 2 is 2.29 bits per heavy atom. The number of ether oxygens (including phenoxy) is 1. The number of guanidine groups is 1. The fourth-order valence-electron chi connectivity index (χ4n) is 3.54. The van der Waals surface area contributed by atoms with Gasteiger partial charge in [0.2, 0.25) is 0 Å². The molecule has 4 heterocycles. The van der Waals surface area contributed by atoms with Crippen LogP contribution in [0.1, 0.15) is 12.1 Å². The van der Waals surface area contributed by atoms with Crippen molar-refractivity contribution in [2.45, 2.75) is 19.0 Å². The minimum absolute atomic E-state index is 0.616. The van der Waals surface area contributed by atoms with Crippen LogP contribution >= 0.6 is 11.3 Å². The Balaban J connectivity index is 1.33. The summed E-state index contributed by atoms with van der Waals surface area (Å²) in [6, 6.07) is 0.616. The Kier molecular flexibility index (Phi) is 4.68. The minimum Gasteiger partial charge on any atom is -0.379 e. The molecule has 4 rings (SSSR count). The molecular weight excluding hydrogens is 324 g/mol. The van der Waals surface area contributed by atoms with E-state index in [-0.39, 0.29) is 0 Å². The standard InChI is InChI=1S/C16H24N6OS/c1-17-15(18-10-13-11-22-6-9-24-16(22)19-13)21-3-2-14(12-21)20-4-7-23-8-5-20/h6,9,11,14H,2-5,7-8,10,12H2,1H3,(H,17,18). The quantitative estimate of drug-likeness (QED) is 0.659. The van der Waals surface area contributed by atoms with E-state index in [0.29, 0.717) is 12.6 Å². The molecule has 7 nitrogen and oxygen atoms in total. The number of imidazole rings is 1. The van der Waals surface area contributed by atoms with Crippen LogP contribution in [-0.2, 0) is 11.3 Å². The van der Waals surface area contributed by atoms with Gasteiger partial charge in [-0.05, 0) is 6.42 Å². The first-order valence-electron chi connectivity index (χ1n) is 8.52. The largest absolute Gasteiger partial charge is 0.379 e. The van der Waals surface area contributed by atoms with Crippen LogP contribution in [0.3, 0.4) is 0 Å². The number of morpholine rings is 1. The molecule has 2 aliphatic rings. The SMILES string of the molecule is CN=C(NCc1cn2ccsc2n1)N1CCC(N2CCOCC2)C1. The third kappa shape index (κ3) is 3.26. The van der Waals surface area contributed by atoms with E-state index < -0.39 is 0 Å². The molecule has 0 amide bonds. The monoisotopic (exact) mass is 348 g/mol. The molecular formula is C16H24N6OS. The Morgan fingerprint density at radius 3 is 3.08 bits per heavy atom. The second-order valence-electron chi connectivity index (χ2n) is 6.26. The molecule has 2 aromatic rings. The molecule has 0 aliphatic carbocycles. The molecule has 8 heteroatoms. The van der Waals surface area contributed by atoms with Crippen LogP contribution in [0.4, 0.5) is 0 Å². The smallest absolute Gasteiger partial charge is 0.194 e. The summed E-state index contributed by atoms with van der Waals surface area (Å²) in [5.74, 6) is 0.974. The Morgan fingerprint density at radius 1 is 1.42 bits per heavy atom. The number of thiazole rings is 1. The molecule has 130 valence electrons. The predicted molar refractivity (Wildman–Crippen MR) is 95.6 cm³/mol. The van der Waals surface area contributed by atoms with Gasteiger partial charge in [0.05, 0.1) is 25.5 Å². The zero-order valence-electron chi connectivity index (χ0n) is 14.0. The summed E-state index contributed by atoms with van der Waals surface area (Å²) in [5, 5.41) is 5.51. The molecule has 1 atom stereocenters. The normalized spacial score (nSPS) is 23.3. The summed E-state index contributed by atoms with van der Waals surface area (Å²) in [6.45, 7) is 6.63. The first-order chi connectivity index (χ1) is 11.8. The molecule has 1 N–H and O–H groups in total. The third-order valence-electron chi connectivity index (χ3n) is 4.81. The molecule has 0 bridgehead atoms. The topological polar surface area (TPSA) is 57.4 Å². The lowest BCUT2D eigenvalue weighted by atomic mass is 10.2. The van der Waals surface area contributed by atoms with Gasteiger partial charge in [0.15, 0.2) is 10.9 Å². The molecule has 2 aliphatic heterocycles. The number of hydrogen-bond donors (Lipinski definition) is 1. The average molecular weight is 348 g/mol. The summed E-state index contributed by atoms with van der Waals surface area (Å²) in [7, 11) is 1.86. The van der Waals surface area contributed by atoms with Crippen molar-refractivity contribution in [3.05, 3.63) is 23.5 Å². The van der Waals surface area contributed by atoms with Gasteiger partial charge in [0, 0.05) is 57.0 Å². The van der Waals surface area contributed by atoms with Crippen LogP contribution < -0.4 is 5.32 Å². The molecule has 1 unspecified atom stereocenters. The number of likely N-dealkylation sites (tertiary alicyclic amines) is 1. The second kappa shape index (κ2) is 7.08. The zero-order chi connectivity index (χ0) is 16.4. The molecule has 0 radical (unpaired) electrons. The fraction of sp³-hybridized carbons (Fsp3) is 0.625. The van der Waals surface area contributed by atoms with Crippen LogP contribution in [0.25, 0.3) is 4.96 Å². The number of nitrogens with zero attached hydrogens (tertiary/aromatic N) is 5. The number of fused-ring (bicyclic) bond motifs is 1. The number of aliphatic imine (C=N–C) groups is 1. The highest BCUT2D eigenvalue weighted by atomic mass is 32.1. The lowest BCUT2D eigenvalue weighted by Crippen LogP contribution is -2.46. The van der Waals surface area contributed by atoms with Crippen LogP contribution in [0.15, 0.2) is 22.8 Å². The van der Waals surface area contributed by atoms with E-state index in [1.807, 2.05) is 13.2 Å². The van der Waals surface area contributed by atoms with Crippen molar-refractivity contribution in [2.75, 3.05) is 46.4 Å². The van der Waals surface area contributed by atoms with E-state index in [4.69, 9.17) is 4.74 Å². The maximum Gasteiger partial charge on any atom is 0.194 e. The summed E-state index contributed by atoms with van der Waals surface area (Å²) < 4.78 is 7.53. The number of hydrogen-bond acceptors (Lipinski definition) is 5. The molecule has 2 fully saturated rings. The predicted octanol–water partition coefficient (Wildman–Crippen LogP) is 0.878. The maximum atomic E-state index is 5.46. The minimum atomic E-state index is 0.616. The molecule has 2 saturated heterocycles. The highest BCUT2D eigenvalue weighted by Crippen LogP contribution is 2.17. The van der Waals surface area contributed by atoms with Crippen molar-refractivity contribution in [1.82, 2.24) is 24.5 Å².